The van der Waals surface area contributed by atoms with Crippen LogP contribution in [0.5, 0.6) is 0 Å². The van der Waals surface area contributed by atoms with Crippen molar-refractivity contribution in [2.24, 2.45) is 0 Å². The molecular formula is C14H21N3O2. The molecule has 0 aromatic carbocycles. The normalized spacial score (nSPS) is 23.2. The Labute approximate surface area is 113 Å². The summed E-state index contributed by atoms with van der Waals surface area (Å²) in [5.74, 6) is -0.789. The molecule has 2 rings (SSSR count). The van der Waals surface area contributed by atoms with Gasteiger partial charge in [0.05, 0.1) is 0 Å². The Balaban J connectivity index is 2.16. The van der Waals surface area contributed by atoms with Crippen molar-refractivity contribution in [3.8, 4) is 0 Å². The van der Waals surface area contributed by atoms with Crippen molar-refractivity contribution in [1.29, 1.82) is 0 Å². The summed E-state index contributed by atoms with van der Waals surface area (Å²) >= 11 is 0. The van der Waals surface area contributed by atoms with Crippen LogP contribution in [0.1, 0.15) is 25.5 Å². The number of pyridine rings is 1. The second-order valence-corrected chi connectivity index (χ2v) is 4.99. The zero-order chi connectivity index (χ0) is 13.8. The van der Waals surface area contributed by atoms with Gasteiger partial charge in [0.25, 0.3) is 0 Å². The molecule has 1 aliphatic rings. The number of carbonyl (C=O) groups is 1. The second kappa shape index (κ2) is 6.12. The highest BCUT2D eigenvalue weighted by Gasteiger charge is 2.32. The minimum absolute atomic E-state index is 0.391. The first-order valence-corrected chi connectivity index (χ1v) is 6.74. The lowest BCUT2D eigenvalue weighted by molar-refractivity contribution is -0.144. The van der Waals surface area contributed by atoms with Gasteiger partial charge in [-0.1, -0.05) is 6.92 Å². The molecule has 1 N–H and O–H groups in total. The van der Waals surface area contributed by atoms with Gasteiger partial charge in [-0.25, -0.2) is 0 Å². The molecule has 0 radical (unpaired) electrons. The molecular weight excluding hydrogens is 242 g/mol. The molecule has 2 heterocycles. The summed E-state index contributed by atoms with van der Waals surface area (Å²) in [6.07, 6.45) is 3.30. The highest BCUT2D eigenvalue weighted by atomic mass is 16.4. The van der Waals surface area contributed by atoms with Crippen molar-refractivity contribution in [3.05, 3.63) is 30.1 Å². The Hall–Kier alpha value is -1.46. The van der Waals surface area contributed by atoms with Gasteiger partial charge in [0, 0.05) is 38.1 Å². The maximum absolute atomic E-state index is 11.6. The molecule has 1 fully saturated rings. The SMILES string of the molecule is CCN1CCN(C(C(=O)O)c2ccncc2)CC1C. The quantitative estimate of drug-likeness (QED) is 0.885. The number of piperazine rings is 1. The minimum Gasteiger partial charge on any atom is -0.480 e. The zero-order valence-electron chi connectivity index (χ0n) is 11.5. The van der Waals surface area contributed by atoms with Crippen molar-refractivity contribution in [2.75, 3.05) is 26.2 Å². The van der Waals surface area contributed by atoms with Gasteiger partial charge in [-0.05, 0) is 31.2 Å². The van der Waals surface area contributed by atoms with E-state index < -0.39 is 12.0 Å². The van der Waals surface area contributed by atoms with E-state index in [4.69, 9.17) is 0 Å². The number of aromatic nitrogens is 1. The Morgan fingerprint density at radius 1 is 1.47 bits per heavy atom. The Morgan fingerprint density at radius 3 is 2.68 bits per heavy atom. The molecule has 0 aliphatic carbocycles. The largest absolute Gasteiger partial charge is 0.480 e. The number of rotatable bonds is 4. The maximum atomic E-state index is 11.6. The van der Waals surface area contributed by atoms with Crippen LogP contribution in [0.15, 0.2) is 24.5 Å². The van der Waals surface area contributed by atoms with Gasteiger partial charge in [-0.15, -0.1) is 0 Å². The average molecular weight is 263 g/mol. The van der Waals surface area contributed by atoms with Crippen molar-refractivity contribution in [2.45, 2.75) is 25.9 Å². The third-order valence-corrected chi connectivity index (χ3v) is 3.82. The lowest BCUT2D eigenvalue weighted by Crippen LogP contribution is -2.53. The molecule has 1 aliphatic heterocycles. The third-order valence-electron chi connectivity index (χ3n) is 3.82. The predicted octanol–water partition coefficient (Wildman–Crippen LogP) is 1.23. The van der Waals surface area contributed by atoms with E-state index in [0.717, 1.165) is 31.7 Å². The highest BCUT2D eigenvalue weighted by Crippen LogP contribution is 2.23. The molecule has 19 heavy (non-hydrogen) atoms. The van der Waals surface area contributed by atoms with Crippen LogP contribution in [0.4, 0.5) is 0 Å². The van der Waals surface area contributed by atoms with Gasteiger partial charge in [0.15, 0.2) is 0 Å². The first-order valence-electron chi connectivity index (χ1n) is 6.74. The van der Waals surface area contributed by atoms with E-state index in [2.05, 4.69) is 28.6 Å². The van der Waals surface area contributed by atoms with E-state index in [0.29, 0.717) is 6.04 Å². The van der Waals surface area contributed by atoms with E-state index in [1.807, 2.05) is 0 Å². The monoisotopic (exact) mass is 263 g/mol. The van der Waals surface area contributed by atoms with Crippen LogP contribution in [0.2, 0.25) is 0 Å². The number of carboxylic acid groups (broad SMARTS) is 1. The highest BCUT2D eigenvalue weighted by molar-refractivity contribution is 5.75. The number of likely N-dealkylation sites (N-methyl/N-ethyl adjacent to an activating group) is 1. The first-order chi connectivity index (χ1) is 9.13. The Morgan fingerprint density at radius 2 is 2.16 bits per heavy atom. The van der Waals surface area contributed by atoms with Crippen molar-refractivity contribution < 1.29 is 9.90 Å². The van der Waals surface area contributed by atoms with E-state index in [9.17, 15) is 9.90 Å². The summed E-state index contributed by atoms with van der Waals surface area (Å²) in [4.78, 5) is 20.0. The molecule has 0 amide bonds. The molecule has 1 aromatic rings. The predicted molar refractivity (Wildman–Crippen MR) is 72.9 cm³/mol. The van der Waals surface area contributed by atoms with Gasteiger partial charge >= 0.3 is 5.97 Å². The smallest absolute Gasteiger partial charge is 0.325 e. The van der Waals surface area contributed by atoms with Gasteiger partial charge in [0.2, 0.25) is 0 Å². The summed E-state index contributed by atoms with van der Waals surface area (Å²) in [5, 5.41) is 9.51. The summed E-state index contributed by atoms with van der Waals surface area (Å²) < 4.78 is 0. The number of nitrogens with zero attached hydrogens (tertiary/aromatic N) is 3. The summed E-state index contributed by atoms with van der Waals surface area (Å²) in [6, 6.07) is 3.40. The third kappa shape index (κ3) is 3.11. The van der Waals surface area contributed by atoms with Gasteiger partial charge < -0.3 is 5.11 Å². The second-order valence-electron chi connectivity index (χ2n) is 4.99. The molecule has 0 bridgehead atoms. The average Bonchev–Trinajstić information content (AvgIpc) is 2.40. The topological polar surface area (TPSA) is 56.7 Å². The van der Waals surface area contributed by atoms with Crippen LogP contribution < -0.4 is 0 Å². The van der Waals surface area contributed by atoms with Crippen molar-refractivity contribution in [3.63, 3.8) is 0 Å². The van der Waals surface area contributed by atoms with Crippen LogP contribution in [0.3, 0.4) is 0 Å². The lowest BCUT2D eigenvalue weighted by Gasteiger charge is -2.41. The molecule has 5 heteroatoms. The van der Waals surface area contributed by atoms with Crippen molar-refractivity contribution >= 4 is 5.97 Å². The number of hydrogen-bond acceptors (Lipinski definition) is 4. The van der Waals surface area contributed by atoms with Crippen LogP contribution in [-0.4, -0.2) is 58.1 Å². The fourth-order valence-corrected chi connectivity index (χ4v) is 2.78. The van der Waals surface area contributed by atoms with Crippen LogP contribution in [-0.2, 0) is 4.79 Å². The van der Waals surface area contributed by atoms with E-state index in [1.54, 1.807) is 24.5 Å². The van der Waals surface area contributed by atoms with Crippen LogP contribution >= 0.6 is 0 Å². The van der Waals surface area contributed by atoms with Gasteiger partial charge in [0.1, 0.15) is 6.04 Å². The number of hydrogen-bond donors (Lipinski definition) is 1. The van der Waals surface area contributed by atoms with E-state index in [-0.39, 0.29) is 0 Å². The molecule has 0 saturated carbocycles. The molecule has 104 valence electrons. The summed E-state index contributed by atoms with van der Waals surface area (Å²) in [5.41, 5.74) is 0.805. The van der Waals surface area contributed by atoms with E-state index in [1.165, 1.54) is 0 Å². The van der Waals surface area contributed by atoms with Gasteiger partial charge in [-0.3, -0.25) is 19.6 Å². The fourth-order valence-electron chi connectivity index (χ4n) is 2.78. The fraction of sp³-hybridized carbons (Fsp3) is 0.571. The molecule has 1 saturated heterocycles. The molecule has 1 aromatic heterocycles. The molecule has 2 atom stereocenters. The van der Waals surface area contributed by atoms with Crippen LogP contribution in [0, 0.1) is 0 Å². The molecule has 0 spiro atoms. The van der Waals surface area contributed by atoms with Crippen LogP contribution in [0.25, 0.3) is 0 Å². The number of aliphatic carboxylic acids is 1. The molecule has 5 nitrogen and oxygen atoms in total. The standard InChI is InChI=1S/C14H21N3O2/c1-3-16-8-9-17(10-11(16)2)13(14(18)19)12-4-6-15-7-5-12/h4-7,11,13H,3,8-10H2,1-2H3,(H,18,19). The zero-order valence-corrected chi connectivity index (χ0v) is 11.5. The van der Waals surface area contributed by atoms with Crippen molar-refractivity contribution in [1.82, 2.24) is 14.8 Å². The Bertz CT molecular complexity index is 424. The summed E-state index contributed by atoms with van der Waals surface area (Å²) in [7, 11) is 0. The first kappa shape index (κ1) is 14.0. The minimum atomic E-state index is -0.789. The van der Waals surface area contributed by atoms with E-state index >= 15 is 0 Å². The molecule has 2 unspecified atom stereocenters. The maximum Gasteiger partial charge on any atom is 0.325 e. The Kier molecular flexibility index (Phi) is 4.50. The van der Waals surface area contributed by atoms with Gasteiger partial charge in [-0.2, -0.15) is 0 Å². The number of carboxylic acids is 1. The summed E-state index contributed by atoms with van der Waals surface area (Å²) in [6.45, 7) is 7.81. The lowest BCUT2D eigenvalue weighted by atomic mass is 10.0.